The highest BCUT2D eigenvalue weighted by molar-refractivity contribution is 7.16. The smallest absolute Gasteiger partial charge is 0.0931 e. The van der Waals surface area contributed by atoms with E-state index in [1.807, 2.05) is 6.07 Å². The van der Waals surface area contributed by atoms with Crippen LogP contribution >= 0.6 is 22.9 Å². The van der Waals surface area contributed by atoms with E-state index in [9.17, 15) is 0 Å². The maximum absolute atomic E-state index is 5.87. The molecule has 13 heavy (non-hydrogen) atoms. The molecule has 3 heteroatoms. The minimum atomic E-state index is 0.269. The van der Waals surface area contributed by atoms with Crippen molar-refractivity contribution in [3.63, 3.8) is 0 Å². The summed E-state index contributed by atoms with van der Waals surface area (Å²) in [7, 11) is 0. The molecular formula is C10H16ClNS. The molecule has 2 unspecified atom stereocenters. The van der Waals surface area contributed by atoms with Gasteiger partial charge in [0.2, 0.25) is 0 Å². The second-order valence-corrected chi connectivity index (χ2v) is 5.24. The third kappa shape index (κ3) is 3.29. The summed E-state index contributed by atoms with van der Waals surface area (Å²) < 4.78 is 0.870. The summed E-state index contributed by atoms with van der Waals surface area (Å²) in [6, 6.07) is 4.32. The summed E-state index contributed by atoms with van der Waals surface area (Å²) >= 11 is 7.51. The molecule has 1 nitrogen and oxygen atoms in total. The molecule has 0 spiro atoms. The minimum absolute atomic E-state index is 0.269. The zero-order valence-electron chi connectivity index (χ0n) is 8.09. The predicted octanol–water partition coefficient (Wildman–Crippen LogP) is 3.32. The first kappa shape index (κ1) is 11.0. The van der Waals surface area contributed by atoms with Crippen LogP contribution in [-0.4, -0.2) is 6.04 Å². The van der Waals surface area contributed by atoms with Gasteiger partial charge in [0.05, 0.1) is 4.34 Å². The van der Waals surface area contributed by atoms with Gasteiger partial charge in [-0.3, -0.25) is 0 Å². The number of hydrogen-bond donors (Lipinski definition) is 1. The first-order valence-electron chi connectivity index (χ1n) is 4.63. The van der Waals surface area contributed by atoms with Crippen molar-refractivity contribution in [1.82, 2.24) is 0 Å². The summed E-state index contributed by atoms with van der Waals surface area (Å²) in [4.78, 5) is 1.34. The second-order valence-electron chi connectivity index (χ2n) is 3.44. The molecule has 0 aliphatic rings. The number of nitrogens with two attached hydrogens (primary N) is 1. The van der Waals surface area contributed by atoms with Gasteiger partial charge < -0.3 is 5.73 Å². The van der Waals surface area contributed by atoms with E-state index in [0.29, 0.717) is 5.92 Å². The predicted molar refractivity (Wildman–Crippen MR) is 60.5 cm³/mol. The van der Waals surface area contributed by atoms with Crippen LogP contribution in [0.25, 0.3) is 0 Å². The molecule has 1 aromatic rings. The van der Waals surface area contributed by atoms with Gasteiger partial charge in [-0.05, 0) is 31.4 Å². The Morgan fingerprint density at radius 1 is 1.54 bits per heavy atom. The zero-order chi connectivity index (χ0) is 9.84. The molecule has 0 aromatic carbocycles. The van der Waals surface area contributed by atoms with Crippen LogP contribution in [0.1, 0.15) is 25.1 Å². The number of thiophene rings is 1. The van der Waals surface area contributed by atoms with Gasteiger partial charge in [-0.2, -0.15) is 0 Å². The Bertz CT molecular complexity index is 257. The van der Waals surface area contributed by atoms with Gasteiger partial charge >= 0.3 is 0 Å². The van der Waals surface area contributed by atoms with Crippen LogP contribution in [0.4, 0.5) is 0 Å². The van der Waals surface area contributed by atoms with E-state index in [1.54, 1.807) is 11.3 Å². The number of rotatable bonds is 4. The Balaban J connectivity index is 2.56. The number of halogens is 1. The van der Waals surface area contributed by atoms with Crippen molar-refractivity contribution in [1.29, 1.82) is 0 Å². The van der Waals surface area contributed by atoms with Crippen LogP contribution < -0.4 is 5.73 Å². The van der Waals surface area contributed by atoms with Gasteiger partial charge in [0.1, 0.15) is 0 Å². The van der Waals surface area contributed by atoms with Crippen LogP contribution in [0, 0.1) is 5.92 Å². The van der Waals surface area contributed by atoms with Crippen molar-refractivity contribution in [2.75, 3.05) is 0 Å². The highest BCUT2D eigenvalue weighted by Gasteiger charge is 2.12. The molecule has 0 bridgehead atoms. The second kappa shape index (κ2) is 4.99. The van der Waals surface area contributed by atoms with Crippen molar-refractivity contribution in [3.8, 4) is 0 Å². The first-order chi connectivity index (χ1) is 6.13. The third-order valence-electron chi connectivity index (χ3n) is 2.36. The van der Waals surface area contributed by atoms with Crippen LogP contribution in [0.2, 0.25) is 4.34 Å². The molecule has 0 amide bonds. The van der Waals surface area contributed by atoms with Crippen LogP contribution in [0.15, 0.2) is 12.1 Å². The van der Waals surface area contributed by atoms with Gasteiger partial charge in [0, 0.05) is 10.9 Å². The molecule has 0 aliphatic carbocycles. The van der Waals surface area contributed by atoms with Crippen molar-refractivity contribution < 1.29 is 0 Å². The number of hydrogen-bond acceptors (Lipinski definition) is 2. The SMILES string of the molecule is CCC(Cc1ccc(Cl)s1)C(C)N. The normalized spacial score (nSPS) is 15.7. The molecule has 1 heterocycles. The Morgan fingerprint density at radius 3 is 2.62 bits per heavy atom. The van der Waals surface area contributed by atoms with Crippen molar-refractivity contribution >= 4 is 22.9 Å². The summed E-state index contributed by atoms with van der Waals surface area (Å²) in [6.07, 6.45) is 2.19. The van der Waals surface area contributed by atoms with Gasteiger partial charge in [-0.15, -0.1) is 11.3 Å². The lowest BCUT2D eigenvalue weighted by molar-refractivity contribution is 0.430. The lowest BCUT2D eigenvalue weighted by atomic mass is 9.95. The zero-order valence-corrected chi connectivity index (χ0v) is 9.66. The molecule has 1 rings (SSSR count). The van der Waals surface area contributed by atoms with E-state index in [1.165, 1.54) is 4.88 Å². The lowest BCUT2D eigenvalue weighted by Crippen LogP contribution is -2.27. The molecular weight excluding hydrogens is 202 g/mol. The highest BCUT2D eigenvalue weighted by atomic mass is 35.5. The molecule has 74 valence electrons. The van der Waals surface area contributed by atoms with E-state index >= 15 is 0 Å². The average molecular weight is 218 g/mol. The fourth-order valence-electron chi connectivity index (χ4n) is 1.42. The summed E-state index contributed by atoms with van der Waals surface area (Å²) in [6.45, 7) is 4.26. The van der Waals surface area contributed by atoms with E-state index in [4.69, 9.17) is 17.3 Å². The van der Waals surface area contributed by atoms with Gasteiger partial charge in [-0.25, -0.2) is 0 Å². The molecule has 0 radical (unpaired) electrons. The summed E-state index contributed by atoms with van der Waals surface area (Å²) in [5.41, 5.74) is 5.87. The molecule has 0 saturated heterocycles. The molecule has 0 aliphatic heterocycles. The Labute approximate surface area is 88.9 Å². The van der Waals surface area contributed by atoms with Crippen LogP contribution in [0.3, 0.4) is 0 Å². The maximum Gasteiger partial charge on any atom is 0.0931 e. The Hall–Kier alpha value is -0.0500. The molecule has 0 saturated carbocycles. The molecule has 0 fully saturated rings. The van der Waals surface area contributed by atoms with Crippen molar-refractivity contribution in [2.45, 2.75) is 32.7 Å². The molecule has 1 aromatic heterocycles. The quantitative estimate of drug-likeness (QED) is 0.823. The third-order valence-corrected chi connectivity index (χ3v) is 3.61. The lowest BCUT2D eigenvalue weighted by Gasteiger charge is -2.17. The largest absolute Gasteiger partial charge is 0.328 e. The highest BCUT2D eigenvalue weighted by Crippen LogP contribution is 2.25. The van der Waals surface area contributed by atoms with Crippen LogP contribution in [0.5, 0.6) is 0 Å². The summed E-state index contributed by atoms with van der Waals surface area (Å²) in [5.74, 6) is 0.578. The van der Waals surface area contributed by atoms with Gasteiger partial charge in [-0.1, -0.05) is 24.9 Å². The standard InChI is InChI=1S/C10H16ClNS/c1-3-8(7(2)12)6-9-4-5-10(11)13-9/h4-5,7-8H,3,6,12H2,1-2H3. The van der Waals surface area contributed by atoms with Gasteiger partial charge in [0.15, 0.2) is 0 Å². The van der Waals surface area contributed by atoms with Gasteiger partial charge in [0.25, 0.3) is 0 Å². The topological polar surface area (TPSA) is 26.0 Å². The van der Waals surface area contributed by atoms with E-state index < -0.39 is 0 Å². The first-order valence-corrected chi connectivity index (χ1v) is 5.82. The maximum atomic E-state index is 5.87. The Morgan fingerprint density at radius 2 is 2.23 bits per heavy atom. The minimum Gasteiger partial charge on any atom is -0.328 e. The van der Waals surface area contributed by atoms with Crippen LogP contribution in [-0.2, 0) is 6.42 Å². The summed E-state index contributed by atoms with van der Waals surface area (Å²) in [5, 5.41) is 0. The molecule has 2 N–H and O–H groups in total. The van der Waals surface area contributed by atoms with E-state index in [0.717, 1.165) is 17.2 Å². The van der Waals surface area contributed by atoms with E-state index in [-0.39, 0.29) is 6.04 Å². The monoisotopic (exact) mass is 217 g/mol. The molecule has 2 atom stereocenters. The van der Waals surface area contributed by atoms with Crippen molar-refractivity contribution in [3.05, 3.63) is 21.3 Å². The fourth-order valence-corrected chi connectivity index (χ4v) is 2.60. The Kier molecular flexibility index (Phi) is 4.23. The van der Waals surface area contributed by atoms with E-state index in [2.05, 4.69) is 19.9 Å². The van der Waals surface area contributed by atoms with Crippen molar-refractivity contribution in [2.24, 2.45) is 11.7 Å². The fraction of sp³-hybridized carbons (Fsp3) is 0.600. The average Bonchev–Trinajstić information content (AvgIpc) is 2.46.